The van der Waals surface area contributed by atoms with E-state index in [9.17, 15) is 4.39 Å². The Balaban J connectivity index is 2.17. The van der Waals surface area contributed by atoms with Crippen molar-refractivity contribution in [3.63, 3.8) is 0 Å². The number of nitrogens with two attached hydrogens (primary N) is 1. The van der Waals surface area contributed by atoms with E-state index in [-0.39, 0.29) is 10.6 Å². The van der Waals surface area contributed by atoms with Crippen LogP contribution in [0.25, 0.3) is 0 Å². The third kappa shape index (κ3) is 3.71. The topological polar surface area (TPSA) is 35.2 Å². The quantitative estimate of drug-likeness (QED) is 0.852. The van der Waals surface area contributed by atoms with Crippen LogP contribution in [0.1, 0.15) is 22.3 Å². The fraction of sp³-hybridized carbons (Fsp3) is 0.188. The summed E-state index contributed by atoms with van der Waals surface area (Å²) < 4.78 is 19.2. The predicted octanol–water partition coefficient (Wildman–Crippen LogP) is 4.31. The zero-order chi connectivity index (χ0) is 15.6. The van der Waals surface area contributed by atoms with E-state index in [0.29, 0.717) is 6.61 Å². The minimum atomic E-state index is -0.426. The first-order valence-electron chi connectivity index (χ1n) is 6.36. The highest BCUT2D eigenvalue weighted by atomic mass is 35.5. The molecular weight excluding hydrogens is 309 g/mol. The molecule has 2 aromatic rings. The molecule has 0 aliphatic carbocycles. The first kappa shape index (κ1) is 15.7. The average Bonchev–Trinajstić information content (AvgIpc) is 2.43. The molecule has 0 atom stereocenters. The molecule has 0 radical (unpaired) electrons. The predicted molar refractivity (Wildman–Crippen MR) is 87.5 cm³/mol. The van der Waals surface area contributed by atoms with Crippen molar-refractivity contribution in [2.45, 2.75) is 20.5 Å². The summed E-state index contributed by atoms with van der Waals surface area (Å²) in [6.45, 7) is 4.15. The normalized spacial score (nSPS) is 10.5. The first-order chi connectivity index (χ1) is 9.88. The maximum Gasteiger partial charge on any atom is 0.133 e. The lowest BCUT2D eigenvalue weighted by Crippen LogP contribution is -2.12. The van der Waals surface area contributed by atoms with Crippen molar-refractivity contribution >= 4 is 28.8 Å². The molecule has 0 fully saturated rings. The van der Waals surface area contributed by atoms with Crippen molar-refractivity contribution in [1.82, 2.24) is 0 Å². The number of aryl methyl sites for hydroxylation is 2. The van der Waals surface area contributed by atoms with Crippen molar-refractivity contribution in [3.8, 4) is 5.75 Å². The molecule has 0 amide bonds. The smallest absolute Gasteiger partial charge is 0.133 e. The van der Waals surface area contributed by atoms with Crippen LogP contribution in [0.15, 0.2) is 30.3 Å². The molecule has 2 nitrogen and oxygen atoms in total. The van der Waals surface area contributed by atoms with Crippen LogP contribution in [0.3, 0.4) is 0 Å². The fourth-order valence-electron chi connectivity index (χ4n) is 2.01. The third-order valence-corrected chi connectivity index (χ3v) is 3.93. The SMILES string of the molecule is Cc1cc(OCc2ccc(F)c(C(N)=S)c2)cc(C)c1Cl. The van der Waals surface area contributed by atoms with Gasteiger partial charge in [0.15, 0.2) is 0 Å². The summed E-state index contributed by atoms with van der Waals surface area (Å²) in [5, 5.41) is 0.736. The van der Waals surface area contributed by atoms with E-state index >= 15 is 0 Å². The van der Waals surface area contributed by atoms with Gasteiger partial charge in [0.2, 0.25) is 0 Å². The lowest BCUT2D eigenvalue weighted by molar-refractivity contribution is 0.305. The highest BCUT2D eigenvalue weighted by Crippen LogP contribution is 2.26. The maximum absolute atomic E-state index is 13.5. The lowest BCUT2D eigenvalue weighted by atomic mass is 10.1. The summed E-state index contributed by atoms with van der Waals surface area (Å²) in [6.07, 6.45) is 0. The van der Waals surface area contributed by atoms with Gasteiger partial charge in [-0.1, -0.05) is 29.9 Å². The number of hydrogen-bond donors (Lipinski definition) is 1. The molecule has 2 aromatic carbocycles. The van der Waals surface area contributed by atoms with Crippen LogP contribution >= 0.6 is 23.8 Å². The van der Waals surface area contributed by atoms with Gasteiger partial charge in [-0.2, -0.15) is 0 Å². The van der Waals surface area contributed by atoms with Crippen LogP contribution in [0.5, 0.6) is 5.75 Å². The minimum absolute atomic E-state index is 0.0348. The Hall–Kier alpha value is -1.65. The average molecular weight is 324 g/mol. The summed E-state index contributed by atoms with van der Waals surface area (Å²) >= 11 is 10.9. The van der Waals surface area contributed by atoms with E-state index in [1.807, 2.05) is 26.0 Å². The maximum atomic E-state index is 13.5. The van der Waals surface area contributed by atoms with E-state index in [4.69, 9.17) is 34.3 Å². The van der Waals surface area contributed by atoms with Crippen molar-refractivity contribution in [3.05, 3.63) is 63.4 Å². The Labute approximate surface area is 133 Å². The van der Waals surface area contributed by atoms with Crippen molar-refractivity contribution in [2.24, 2.45) is 5.73 Å². The number of ether oxygens (including phenoxy) is 1. The number of benzene rings is 2. The number of hydrogen-bond acceptors (Lipinski definition) is 2. The van der Waals surface area contributed by atoms with Crippen molar-refractivity contribution < 1.29 is 9.13 Å². The van der Waals surface area contributed by atoms with E-state index in [2.05, 4.69) is 0 Å². The Morgan fingerprint density at radius 1 is 1.24 bits per heavy atom. The van der Waals surface area contributed by atoms with Gasteiger partial charge in [-0.05, 0) is 54.8 Å². The summed E-state index contributed by atoms with van der Waals surface area (Å²) in [6, 6.07) is 8.33. The molecular formula is C16H15ClFNOS. The summed E-state index contributed by atoms with van der Waals surface area (Å²) in [7, 11) is 0. The van der Waals surface area contributed by atoms with Gasteiger partial charge in [0.05, 0.1) is 0 Å². The van der Waals surface area contributed by atoms with Gasteiger partial charge < -0.3 is 10.5 Å². The summed E-state index contributed by atoms with van der Waals surface area (Å²) in [4.78, 5) is 0.0348. The number of rotatable bonds is 4. The van der Waals surface area contributed by atoms with Gasteiger partial charge in [0.1, 0.15) is 23.2 Å². The van der Waals surface area contributed by atoms with Crippen LogP contribution in [-0.4, -0.2) is 4.99 Å². The minimum Gasteiger partial charge on any atom is -0.489 e. The Morgan fingerprint density at radius 2 is 1.86 bits per heavy atom. The molecule has 0 heterocycles. The standard InChI is InChI=1S/C16H15ClFNOS/c1-9-5-12(6-10(2)15(9)17)20-8-11-3-4-14(18)13(7-11)16(19)21/h3-7H,8H2,1-2H3,(H2,19,21). The van der Waals surface area contributed by atoms with Gasteiger partial charge in [-0.25, -0.2) is 4.39 Å². The van der Waals surface area contributed by atoms with E-state index in [0.717, 1.165) is 27.5 Å². The molecule has 0 aromatic heterocycles. The highest BCUT2D eigenvalue weighted by molar-refractivity contribution is 7.80. The molecule has 0 spiro atoms. The molecule has 0 unspecified atom stereocenters. The fourth-order valence-corrected chi connectivity index (χ4v) is 2.27. The van der Waals surface area contributed by atoms with Crippen molar-refractivity contribution in [2.75, 3.05) is 0 Å². The molecule has 2 rings (SSSR count). The second kappa shape index (κ2) is 6.41. The van der Waals surface area contributed by atoms with Gasteiger partial charge in [0, 0.05) is 10.6 Å². The van der Waals surface area contributed by atoms with E-state index in [1.54, 1.807) is 12.1 Å². The zero-order valence-electron chi connectivity index (χ0n) is 11.7. The molecule has 0 saturated heterocycles. The third-order valence-electron chi connectivity index (χ3n) is 3.11. The van der Waals surface area contributed by atoms with Gasteiger partial charge in [0.25, 0.3) is 0 Å². The largest absolute Gasteiger partial charge is 0.489 e. The highest BCUT2D eigenvalue weighted by Gasteiger charge is 2.08. The number of halogens is 2. The Kier molecular flexibility index (Phi) is 4.80. The molecule has 21 heavy (non-hydrogen) atoms. The lowest BCUT2D eigenvalue weighted by Gasteiger charge is -2.11. The van der Waals surface area contributed by atoms with Gasteiger partial charge in [-0.15, -0.1) is 0 Å². The first-order valence-corrected chi connectivity index (χ1v) is 7.15. The Morgan fingerprint density at radius 3 is 2.43 bits per heavy atom. The monoisotopic (exact) mass is 323 g/mol. The second-order valence-electron chi connectivity index (χ2n) is 4.84. The molecule has 0 aliphatic rings. The van der Waals surface area contributed by atoms with E-state index < -0.39 is 5.82 Å². The molecule has 5 heteroatoms. The molecule has 0 aliphatic heterocycles. The number of thiocarbonyl (C=S) groups is 1. The second-order valence-corrected chi connectivity index (χ2v) is 5.66. The van der Waals surface area contributed by atoms with Gasteiger partial charge in [-0.3, -0.25) is 0 Å². The molecule has 110 valence electrons. The molecule has 2 N–H and O–H groups in total. The zero-order valence-corrected chi connectivity index (χ0v) is 13.3. The van der Waals surface area contributed by atoms with E-state index in [1.165, 1.54) is 6.07 Å². The summed E-state index contributed by atoms with van der Waals surface area (Å²) in [5.74, 6) is 0.292. The van der Waals surface area contributed by atoms with Crippen LogP contribution in [-0.2, 0) is 6.61 Å². The van der Waals surface area contributed by atoms with Crippen LogP contribution in [0.4, 0.5) is 4.39 Å². The van der Waals surface area contributed by atoms with Crippen molar-refractivity contribution in [1.29, 1.82) is 0 Å². The molecule has 0 bridgehead atoms. The van der Waals surface area contributed by atoms with Crippen LogP contribution in [0, 0.1) is 19.7 Å². The Bertz CT molecular complexity index is 680. The summed E-state index contributed by atoms with van der Waals surface area (Å²) in [5.41, 5.74) is 8.42. The molecule has 0 saturated carbocycles. The van der Waals surface area contributed by atoms with Crippen LogP contribution in [0.2, 0.25) is 5.02 Å². The van der Waals surface area contributed by atoms with Gasteiger partial charge >= 0.3 is 0 Å². The van der Waals surface area contributed by atoms with Crippen LogP contribution < -0.4 is 10.5 Å².